The fraction of sp³-hybridized carbons (Fsp3) is 0.261. The van der Waals surface area contributed by atoms with Crippen molar-refractivity contribution in [2.75, 3.05) is 29.4 Å². The van der Waals surface area contributed by atoms with E-state index in [1.807, 2.05) is 18.3 Å². The molecular formula is C23H25N5O. The van der Waals surface area contributed by atoms with Gasteiger partial charge in [0.25, 0.3) is 0 Å². The molecule has 6 nitrogen and oxygen atoms in total. The summed E-state index contributed by atoms with van der Waals surface area (Å²) in [6.45, 7) is 7.07. The van der Waals surface area contributed by atoms with Gasteiger partial charge in [-0.3, -0.25) is 9.78 Å². The van der Waals surface area contributed by atoms with Gasteiger partial charge >= 0.3 is 0 Å². The molecule has 0 bridgehead atoms. The number of hydrogen-bond donors (Lipinski definition) is 1. The quantitative estimate of drug-likeness (QED) is 0.744. The van der Waals surface area contributed by atoms with Crippen molar-refractivity contribution in [1.29, 1.82) is 0 Å². The van der Waals surface area contributed by atoms with Crippen molar-refractivity contribution in [1.82, 2.24) is 9.97 Å². The average molecular weight is 387 g/mol. The van der Waals surface area contributed by atoms with Crippen LogP contribution in [0.25, 0.3) is 11.3 Å². The minimum Gasteiger partial charge on any atom is -0.366 e. The third-order valence-corrected chi connectivity index (χ3v) is 5.37. The van der Waals surface area contributed by atoms with E-state index in [-0.39, 0.29) is 0 Å². The Kier molecular flexibility index (Phi) is 5.16. The molecule has 1 aliphatic rings. The van der Waals surface area contributed by atoms with Crippen LogP contribution in [0.15, 0.2) is 60.9 Å². The lowest BCUT2D eigenvalue weighted by atomic mass is 10.1. The molecule has 1 aliphatic heterocycles. The van der Waals surface area contributed by atoms with E-state index >= 15 is 0 Å². The summed E-state index contributed by atoms with van der Waals surface area (Å²) in [4.78, 5) is 25.2. The Morgan fingerprint density at radius 2 is 1.90 bits per heavy atom. The molecule has 4 rings (SSSR count). The zero-order chi connectivity index (χ0) is 20.4. The van der Waals surface area contributed by atoms with E-state index in [1.165, 1.54) is 11.3 Å². The van der Waals surface area contributed by atoms with Crippen molar-refractivity contribution in [3.8, 4) is 11.3 Å². The van der Waals surface area contributed by atoms with Gasteiger partial charge in [0.1, 0.15) is 5.82 Å². The molecule has 6 heteroatoms. The molecule has 29 heavy (non-hydrogen) atoms. The Labute approximate surface area is 171 Å². The van der Waals surface area contributed by atoms with E-state index < -0.39 is 5.91 Å². The normalized spacial score (nSPS) is 16.7. The number of carbonyl (C=O) groups excluding carboxylic acids is 1. The molecule has 1 saturated heterocycles. The van der Waals surface area contributed by atoms with Crippen molar-refractivity contribution < 1.29 is 4.79 Å². The van der Waals surface area contributed by atoms with Gasteiger partial charge in [-0.2, -0.15) is 0 Å². The van der Waals surface area contributed by atoms with E-state index in [1.54, 1.807) is 18.3 Å². The fourth-order valence-electron chi connectivity index (χ4n) is 3.81. The summed E-state index contributed by atoms with van der Waals surface area (Å²) < 4.78 is 0. The number of hydrogen-bond acceptors (Lipinski definition) is 5. The van der Waals surface area contributed by atoms with Gasteiger partial charge in [0.15, 0.2) is 0 Å². The maximum Gasteiger partial charge on any atom is 0.248 e. The number of carbonyl (C=O) groups is 1. The second-order valence-corrected chi connectivity index (χ2v) is 7.53. The second-order valence-electron chi connectivity index (χ2n) is 7.53. The van der Waals surface area contributed by atoms with E-state index in [0.717, 1.165) is 36.7 Å². The van der Waals surface area contributed by atoms with Gasteiger partial charge in [-0.25, -0.2) is 4.98 Å². The molecule has 2 N–H and O–H groups in total. The van der Waals surface area contributed by atoms with Crippen LogP contribution in [0.5, 0.6) is 0 Å². The lowest BCUT2D eigenvalue weighted by Crippen LogP contribution is -2.52. The molecule has 0 saturated carbocycles. The van der Waals surface area contributed by atoms with Crippen LogP contribution in [0.2, 0.25) is 0 Å². The summed E-state index contributed by atoms with van der Waals surface area (Å²) in [6, 6.07) is 16.2. The molecule has 1 fully saturated rings. The molecule has 1 aromatic heterocycles. The van der Waals surface area contributed by atoms with Crippen LogP contribution in [0, 0.1) is 6.92 Å². The Morgan fingerprint density at radius 3 is 2.59 bits per heavy atom. The number of anilines is 2. The summed E-state index contributed by atoms with van der Waals surface area (Å²) in [5, 5.41) is 0. The van der Waals surface area contributed by atoms with Gasteiger partial charge in [0.2, 0.25) is 5.91 Å². The van der Waals surface area contributed by atoms with Gasteiger partial charge < -0.3 is 15.5 Å². The topological polar surface area (TPSA) is 75.3 Å². The van der Waals surface area contributed by atoms with Crippen molar-refractivity contribution >= 4 is 17.4 Å². The van der Waals surface area contributed by atoms with Crippen molar-refractivity contribution in [2.45, 2.75) is 19.9 Å². The number of primary amides is 1. The number of amides is 1. The molecule has 0 spiro atoms. The highest BCUT2D eigenvalue weighted by atomic mass is 16.1. The van der Waals surface area contributed by atoms with Crippen molar-refractivity contribution in [2.24, 2.45) is 5.73 Å². The van der Waals surface area contributed by atoms with Gasteiger partial charge in [-0.15, -0.1) is 0 Å². The zero-order valence-corrected chi connectivity index (χ0v) is 16.7. The first-order chi connectivity index (χ1) is 14.0. The number of aryl methyl sites for hydroxylation is 1. The largest absolute Gasteiger partial charge is 0.366 e. The van der Waals surface area contributed by atoms with Crippen LogP contribution in [-0.4, -0.2) is 41.6 Å². The van der Waals surface area contributed by atoms with Crippen molar-refractivity contribution in [3.63, 3.8) is 0 Å². The van der Waals surface area contributed by atoms with E-state index in [4.69, 9.17) is 10.7 Å². The third kappa shape index (κ3) is 4.06. The molecule has 2 aromatic carbocycles. The van der Waals surface area contributed by atoms with Crippen LogP contribution in [0.1, 0.15) is 22.8 Å². The summed E-state index contributed by atoms with van der Waals surface area (Å²) in [6.07, 6.45) is 3.56. The number of benzene rings is 2. The molecule has 1 amide bonds. The molecule has 3 aromatic rings. The van der Waals surface area contributed by atoms with Crippen LogP contribution in [0.3, 0.4) is 0 Å². The highest BCUT2D eigenvalue weighted by Gasteiger charge is 2.25. The molecule has 0 radical (unpaired) electrons. The first-order valence-electron chi connectivity index (χ1n) is 9.82. The maximum absolute atomic E-state index is 11.3. The summed E-state index contributed by atoms with van der Waals surface area (Å²) in [5.41, 5.74) is 10.0. The second kappa shape index (κ2) is 7.91. The Balaban J connectivity index is 1.51. The van der Waals surface area contributed by atoms with Crippen LogP contribution in [0.4, 0.5) is 11.5 Å². The fourth-order valence-corrected chi connectivity index (χ4v) is 3.81. The predicted molar refractivity (Wildman–Crippen MR) is 116 cm³/mol. The van der Waals surface area contributed by atoms with Gasteiger partial charge in [-0.05, 0) is 43.7 Å². The minimum atomic E-state index is -0.433. The maximum atomic E-state index is 11.3. The minimum absolute atomic E-state index is 0.367. The summed E-state index contributed by atoms with van der Waals surface area (Å²) in [5.74, 6) is 0.439. The molecule has 2 heterocycles. The number of nitrogens with two attached hydrogens (primary N) is 1. The van der Waals surface area contributed by atoms with Gasteiger partial charge in [-0.1, -0.05) is 24.3 Å². The number of nitrogens with zero attached hydrogens (tertiary/aromatic N) is 4. The van der Waals surface area contributed by atoms with E-state index in [2.05, 4.69) is 52.9 Å². The molecule has 148 valence electrons. The molecular weight excluding hydrogens is 362 g/mol. The van der Waals surface area contributed by atoms with Crippen LogP contribution in [-0.2, 0) is 0 Å². The predicted octanol–water partition coefficient (Wildman–Crippen LogP) is 3.27. The number of rotatable bonds is 4. The lowest BCUT2D eigenvalue weighted by molar-refractivity contribution is 0.100. The van der Waals surface area contributed by atoms with Gasteiger partial charge in [0, 0.05) is 42.5 Å². The van der Waals surface area contributed by atoms with Crippen LogP contribution >= 0.6 is 0 Å². The van der Waals surface area contributed by atoms with Crippen molar-refractivity contribution in [3.05, 3.63) is 72.1 Å². The summed E-state index contributed by atoms with van der Waals surface area (Å²) >= 11 is 0. The van der Waals surface area contributed by atoms with E-state index in [0.29, 0.717) is 11.6 Å². The molecule has 0 aliphatic carbocycles. The van der Waals surface area contributed by atoms with Crippen LogP contribution < -0.4 is 15.5 Å². The first kappa shape index (κ1) is 18.9. The number of aromatic nitrogens is 2. The summed E-state index contributed by atoms with van der Waals surface area (Å²) in [7, 11) is 0. The smallest absolute Gasteiger partial charge is 0.248 e. The molecule has 1 unspecified atom stereocenters. The third-order valence-electron chi connectivity index (χ3n) is 5.37. The first-order valence-corrected chi connectivity index (χ1v) is 9.82. The molecule has 1 atom stereocenters. The Morgan fingerprint density at radius 1 is 1.10 bits per heavy atom. The Bertz CT molecular complexity index is 1020. The SMILES string of the molecule is Cc1cccc(N2CCN(c3cncc(-c4ccc(C(N)=O)cc4)n3)CC2C)c1. The highest BCUT2D eigenvalue weighted by molar-refractivity contribution is 5.93. The number of piperazine rings is 1. The monoisotopic (exact) mass is 387 g/mol. The Hall–Kier alpha value is -3.41. The standard InChI is InChI=1S/C23H25N5O/c1-16-4-3-5-20(12-16)28-11-10-27(15-17(28)2)22-14-25-13-21(26-22)18-6-8-19(9-7-18)23(24)29/h3-9,12-14,17H,10-11,15H2,1-2H3,(H2,24,29). The highest BCUT2D eigenvalue weighted by Crippen LogP contribution is 2.25. The average Bonchev–Trinajstić information content (AvgIpc) is 2.74. The lowest BCUT2D eigenvalue weighted by Gasteiger charge is -2.41. The van der Waals surface area contributed by atoms with E-state index in [9.17, 15) is 4.79 Å². The zero-order valence-electron chi connectivity index (χ0n) is 16.7. The van der Waals surface area contributed by atoms with Gasteiger partial charge in [0.05, 0.1) is 18.1 Å².